The molecule has 0 aliphatic rings. The highest BCUT2D eigenvalue weighted by molar-refractivity contribution is 7.92. The molecule has 40 heavy (non-hydrogen) atoms. The first-order valence-corrected chi connectivity index (χ1v) is 14.9. The van der Waals surface area contributed by atoms with Gasteiger partial charge in [-0.25, -0.2) is 12.8 Å². The zero-order valence-corrected chi connectivity index (χ0v) is 24.0. The number of anilines is 1. The molecule has 8 nitrogen and oxygen atoms in total. The predicted octanol–water partition coefficient (Wildman–Crippen LogP) is 4.50. The molecular weight excluding hydrogens is 533 g/mol. The molecule has 0 radical (unpaired) electrons. The van der Waals surface area contributed by atoms with Gasteiger partial charge in [0.05, 0.1) is 11.9 Å². The Labute approximate surface area is 235 Å². The van der Waals surface area contributed by atoms with E-state index in [2.05, 4.69) is 5.32 Å². The molecule has 2 amide bonds. The van der Waals surface area contributed by atoms with E-state index in [1.165, 1.54) is 29.2 Å². The number of benzene rings is 3. The predicted molar refractivity (Wildman–Crippen MR) is 154 cm³/mol. The number of amides is 2. The number of hydrogen-bond acceptors (Lipinski definition) is 5. The SMILES string of the molecule is CC[C@H](C)NC(=O)[C@@H](C)N(Cc1ccc(F)cc1)C(=O)CN(c1ccc(OCc2ccccc2)cc1)S(C)(=O)=O. The van der Waals surface area contributed by atoms with Crippen LogP contribution in [0, 0.1) is 5.82 Å². The second-order valence-corrected chi connectivity index (χ2v) is 11.6. The van der Waals surface area contributed by atoms with Crippen LogP contribution in [0.3, 0.4) is 0 Å². The van der Waals surface area contributed by atoms with Gasteiger partial charge in [-0.2, -0.15) is 0 Å². The average molecular weight is 570 g/mol. The van der Waals surface area contributed by atoms with Gasteiger partial charge < -0.3 is 15.0 Å². The van der Waals surface area contributed by atoms with Crippen molar-refractivity contribution in [3.8, 4) is 5.75 Å². The van der Waals surface area contributed by atoms with Crippen LogP contribution in [0.1, 0.15) is 38.3 Å². The van der Waals surface area contributed by atoms with Crippen molar-refractivity contribution in [2.75, 3.05) is 17.1 Å². The third kappa shape index (κ3) is 8.81. The summed E-state index contributed by atoms with van der Waals surface area (Å²) in [6.07, 6.45) is 1.72. The van der Waals surface area contributed by atoms with Gasteiger partial charge in [-0.05, 0) is 67.8 Å². The average Bonchev–Trinajstić information content (AvgIpc) is 2.94. The summed E-state index contributed by atoms with van der Waals surface area (Å²) in [7, 11) is -3.87. The minimum atomic E-state index is -3.87. The number of nitrogens with one attached hydrogen (secondary N) is 1. The normalized spacial score (nSPS) is 12.7. The van der Waals surface area contributed by atoms with Crippen LogP contribution >= 0.6 is 0 Å². The maximum absolute atomic E-state index is 13.6. The number of rotatable bonds is 13. The Balaban J connectivity index is 1.81. The van der Waals surface area contributed by atoms with Crippen molar-refractivity contribution >= 4 is 27.5 Å². The number of carbonyl (C=O) groups is 2. The van der Waals surface area contributed by atoms with Crippen LogP contribution in [-0.4, -0.2) is 50.0 Å². The fraction of sp³-hybridized carbons (Fsp3) is 0.333. The second kappa shape index (κ2) is 13.9. The number of ether oxygens (including phenoxy) is 1. The minimum Gasteiger partial charge on any atom is -0.489 e. The quantitative estimate of drug-likeness (QED) is 0.327. The van der Waals surface area contributed by atoms with Gasteiger partial charge in [0, 0.05) is 12.6 Å². The van der Waals surface area contributed by atoms with E-state index < -0.39 is 34.3 Å². The van der Waals surface area contributed by atoms with Crippen LogP contribution in [-0.2, 0) is 32.8 Å². The van der Waals surface area contributed by atoms with Crippen LogP contribution in [0.5, 0.6) is 5.75 Å². The lowest BCUT2D eigenvalue weighted by molar-refractivity contribution is -0.139. The third-order valence-electron chi connectivity index (χ3n) is 6.49. The van der Waals surface area contributed by atoms with Gasteiger partial charge in [0.15, 0.2) is 0 Å². The molecule has 0 saturated heterocycles. The van der Waals surface area contributed by atoms with Gasteiger partial charge in [-0.1, -0.05) is 49.4 Å². The van der Waals surface area contributed by atoms with Crippen LogP contribution < -0.4 is 14.4 Å². The van der Waals surface area contributed by atoms with E-state index in [9.17, 15) is 22.4 Å². The van der Waals surface area contributed by atoms with Gasteiger partial charge in [0.1, 0.15) is 30.8 Å². The number of nitrogens with zero attached hydrogens (tertiary/aromatic N) is 2. The van der Waals surface area contributed by atoms with Crippen molar-refractivity contribution in [1.82, 2.24) is 10.2 Å². The fourth-order valence-corrected chi connectivity index (χ4v) is 4.75. The summed E-state index contributed by atoms with van der Waals surface area (Å²) in [5.41, 5.74) is 1.87. The molecule has 3 rings (SSSR count). The van der Waals surface area contributed by atoms with Gasteiger partial charge in [0.2, 0.25) is 21.8 Å². The summed E-state index contributed by atoms with van der Waals surface area (Å²) in [5.74, 6) is -0.828. The van der Waals surface area contributed by atoms with E-state index in [0.717, 1.165) is 16.1 Å². The number of sulfonamides is 1. The molecule has 0 saturated carbocycles. The molecule has 1 N–H and O–H groups in total. The lowest BCUT2D eigenvalue weighted by Crippen LogP contribution is -2.52. The lowest BCUT2D eigenvalue weighted by Gasteiger charge is -2.32. The Morgan fingerprint density at radius 3 is 2.12 bits per heavy atom. The Hall–Kier alpha value is -3.92. The number of halogens is 1. The summed E-state index contributed by atoms with van der Waals surface area (Å²) in [6, 6.07) is 20.6. The summed E-state index contributed by atoms with van der Waals surface area (Å²) in [4.78, 5) is 27.9. The standard InChI is InChI=1S/C30H36FN3O5S/c1-5-22(2)32-30(36)23(3)33(19-24-11-13-26(31)14-12-24)29(35)20-34(40(4,37)38)27-15-17-28(18-16-27)39-21-25-9-7-6-8-10-25/h6-18,22-23H,5,19-21H2,1-4H3,(H,32,36)/t22-,23+/m0/s1. The van der Waals surface area contributed by atoms with Crippen LogP contribution in [0.2, 0.25) is 0 Å². The highest BCUT2D eigenvalue weighted by atomic mass is 32.2. The Bertz CT molecular complexity index is 1370. The van der Waals surface area contributed by atoms with E-state index in [4.69, 9.17) is 4.74 Å². The molecule has 2 atom stereocenters. The summed E-state index contributed by atoms with van der Waals surface area (Å²) < 4.78 is 45.8. The molecule has 0 unspecified atom stereocenters. The molecule has 3 aromatic rings. The molecule has 3 aromatic carbocycles. The highest BCUT2D eigenvalue weighted by Gasteiger charge is 2.30. The molecule has 0 bridgehead atoms. The number of carbonyl (C=O) groups excluding carboxylic acids is 2. The van der Waals surface area contributed by atoms with Gasteiger partial charge >= 0.3 is 0 Å². The monoisotopic (exact) mass is 569 g/mol. The maximum Gasteiger partial charge on any atom is 0.244 e. The van der Waals surface area contributed by atoms with E-state index in [1.54, 1.807) is 31.2 Å². The van der Waals surface area contributed by atoms with E-state index >= 15 is 0 Å². The summed E-state index contributed by atoms with van der Waals surface area (Å²) >= 11 is 0. The first-order chi connectivity index (χ1) is 19.0. The van der Waals surface area contributed by atoms with Crippen molar-refractivity contribution in [2.45, 2.75) is 52.4 Å². The summed E-state index contributed by atoms with van der Waals surface area (Å²) in [6.45, 7) is 5.20. The van der Waals surface area contributed by atoms with Crippen LogP contribution in [0.4, 0.5) is 10.1 Å². The third-order valence-corrected chi connectivity index (χ3v) is 7.63. The molecule has 0 spiro atoms. The molecule has 0 aliphatic carbocycles. The van der Waals surface area contributed by atoms with Gasteiger partial charge in [-0.15, -0.1) is 0 Å². The van der Waals surface area contributed by atoms with E-state index in [0.29, 0.717) is 24.3 Å². The van der Waals surface area contributed by atoms with Crippen LogP contribution in [0.15, 0.2) is 78.9 Å². The van der Waals surface area contributed by atoms with Crippen molar-refractivity contribution in [3.63, 3.8) is 0 Å². The van der Waals surface area contributed by atoms with E-state index in [-0.39, 0.29) is 24.2 Å². The topological polar surface area (TPSA) is 96.0 Å². The van der Waals surface area contributed by atoms with Crippen molar-refractivity contribution < 1.29 is 27.1 Å². The Kier molecular flexibility index (Phi) is 10.7. The molecule has 0 heterocycles. The fourth-order valence-electron chi connectivity index (χ4n) is 3.90. The summed E-state index contributed by atoms with van der Waals surface area (Å²) in [5, 5.41) is 2.87. The smallest absolute Gasteiger partial charge is 0.244 e. The molecule has 214 valence electrons. The molecular formula is C30H36FN3O5S. The van der Waals surface area contributed by atoms with Crippen molar-refractivity contribution in [2.24, 2.45) is 0 Å². The zero-order chi connectivity index (χ0) is 29.3. The van der Waals surface area contributed by atoms with Crippen molar-refractivity contribution in [1.29, 1.82) is 0 Å². The second-order valence-electron chi connectivity index (χ2n) is 9.68. The maximum atomic E-state index is 13.6. The number of hydrogen-bond donors (Lipinski definition) is 1. The first-order valence-electron chi connectivity index (χ1n) is 13.1. The highest BCUT2D eigenvalue weighted by Crippen LogP contribution is 2.23. The van der Waals surface area contributed by atoms with Gasteiger partial charge in [0.25, 0.3) is 0 Å². The van der Waals surface area contributed by atoms with Gasteiger partial charge in [-0.3, -0.25) is 13.9 Å². The Morgan fingerprint density at radius 1 is 0.925 bits per heavy atom. The molecule has 0 aliphatic heterocycles. The van der Waals surface area contributed by atoms with E-state index in [1.807, 2.05) is 44.2 Å². The first kappa shape index (κ1) is 30.6. The minimum absolute atomic E-state index is 0.00191. The largest absolute Gasteiger partial charge is 0.489 e. The lowest BCUT2D eigenvalue weighted by atomic mass is 10.1. The van der Waals surface area contributed by atoms with Crippen molar-refractivity contribution in [3.05, 3.63) is 95.8 Å². The Morgan fingerprint density at radius 2 is 1.55 bits per heavy atom. The molecule has 0 aromatic heterocycles. The zero-order valence-electron chi connectivity index (χ0n) is 23.2. The van der Waals surface area contributed by atoms with Crippen LogP contribution in [0.25, 0.3) is 0 Å². The molecule has 10 heteroatoms. The molecule has 0 fully saturated rings.